The molecule has 0 saturated carbocycles. The van der Waals surface area contributed by atoms with Crippen LogP contribution >= 0.6 is 23.5 Å². The van der Waals surface area contributed by atoms with Crippen LogP contribution in [0, 0.1) is 20.2 Å². The van der Waals surface area contributed by atoms with Crippen molar-refractivity contribution in [2.24, 2.45) is 14.1 Å². The summed E-state index contributed by atoms with van der Waals surface area (Å²) in [7, 11) is 3.29. The van der Waals surface area contributed by atoms with Crippen molar-refractivity contribution in [3.63, 3.8) is 0 Å². The van der Waals surface area contributed by atoms with Crippen LogP contribution in [0.2, 0.25) is 0 Å². The molecule has 0 unspecified atom stereocenters. The molecule has 0 aliphatic heterocycles. The van der Waals surface area contributed by atoms with Crippen LogP contribution in [0.4, 0.5) is 11.4 Å². The van der Waals surface area contributed by atoms with E-state index >= 15 is 0 Å². The molecule has 0 bridgehead atoms. The number of pyridine rings is 2. The molecule has 6 aromatic rings. The van der Waals surface area contributed by atoms with Gasteiger partial charge in [-0.15, -0.1) is 0 Å². The van der Waals surface area contributed by atoms with Gasteiger partial charge in [0.05, 0.1) is 9.85 Å². The molecule has 0 fully saturated rings. The fourth-order valence-corrected chi connectivity index (χ4v) is 5.80. The van der Waals surface area contributed by atoms with Crippen molar-refractivity contribution in [2.75, 3.05) is 12.5 Å². The Morgan fingerprint density at radius 2 is 1.02 bits per heavy atom. The molecule has 252 valence electrons. The van der Waals surface area contributed by atoms with E-state index in [0.717, 1.165) is 10.8 Å². The van der Waals surface area contributed by atoms with E-state index in [9.17, 15) is 29.8 Å². The van der Waals surface area contributed by atoms with Gasteiger partial charge in [-0.25, -0.2) is 19.9 Å². The fraction of sp³-hybridized carbons (Fsp3) is 0.212. The number of nitro groups is 2. The molecule has 0 saturated heterocycles. The summed E-state index contributed by atoms with van der Waals surface area (Å²) in [5.74, 6) is 0. The molecule has 6 rings (SSSR count). The van der Waals surface area contributed by atoms with Crippen LogP contribution in [-0.4, -0.2) is 51.4 Å². The number of hydrogen-bond acceptors (Lipinski definition) is 12. The predicted octanol–water partition coefficient (Wildman–Crippen LogP) is 5.73. The Morgan fingerprint density at radius 1 is 0.653 bits per heavy atom. The molecule has 0 radical (unpaired) electrons. The van der Waals surface area contributed by atoms with Crippen LogP contribution in [0.1, 0.15) is 29.7 Å². The summed E-state index contributed by atoms with van der Waals surface area (Å²) in [5.41, 5.74) is 2.62. The van der Waals surface area contributed by atoms with Crippen LogP contribution in [0.15, 0.2) is 93.0 Å². The zero-order chi connectivity index (χ0) is 34.5. The lowest BCUT2D eigenvalue weighted by molar-refractivity contribution is -0.385. The topological polar surface area (TPSA) is 182 Å². The largest absolute Gasteiger partial charge is 0.295 e. The Kier molecular flexibility index (Phi) is 11.6. The number of fused-ring (bicyclic) bond motifs is 2. The van der Waals surface area contributed by atoms with Gasteiger partial charge in [0, 0.05) is 84.5 Å². The first kappa shape index (κ1) is 36.4. The minimum absolute atomic E-state index is 0. The first-order valence-corrected chi connectivity index (χ1v) is 16.7. The second-order valence-corrected chi connectivity index (χ2v) is 12.0. The molecule has 49 heavy (non-hydrogen) atoms. The highest BCUT2D eigenvalue weighted by molar-refractivity contribution is 7.98. The van der Waals surface area contributed by atoms with Crippen molar-refractivity contribution in [3.05, 3.63) is 136 Å². The van der Waals surface area contributed by atoms with Crippen molar-refractivity contribution in [2.45, 2.75) is 30.6 Å². The first-order chi connectivity index (χ1) is 23.0. The second kappa shape index (κ2) is 15.6. The van der Waals surface area contributed by atoms with E-state index in [1.165, 1.54) is 44.8 Å². The van der Waals surface area contributed by atoms with E-state index in [2.05, 4.69) is 19.9 Å². The molecular weight excluding hydrogens is 669 g/mol. The van der Waals surface area contributed by atoms with E-state index in [1.54, 1.807) is 75.0 Å². The van der Waals surface area contributed by atoms with Gasteiger partial charge < -0.3 is 0 Å². The highest BCUT2D eigenvalue weighted by Gasteiger charge is 2.18. The molecule has 0 aliphatic carbocycles. The number of nitro benzene ring substituents is 2. The summed E-state index contributed by atoms with van der Waals surface area (Å²) in [5, 5.41) is 24.9. The van der Waals surface area contributed by atoms with Gasteiger partial charge in [0.15, 0.2) is 10.3 Å². The summed E-state index contributed by atoms with van der Waals surface area (Å²) in [4.78, 5) is 63.8. The molecule has 2 aromatic carbocycles. The van der Waals surface area contributed by atoms with E-state index in [4.69, 9.17) is 0 Å². The van der Waals surface area contributed by atoms with Crippen molar-refractivity contribution < 1.29 is 9.85 Å². The average molecular weight is 701 g/mol. The minimum Gasteiger partial charge on any atom is -0.295 e. The van der Waals surface area contributed by atoms with E-state index in [1.807, 2.05) is 12.5 Å². The molecule has 0 spiro atoms. The van der Waals surface area contributed by atoms with E-state index in [-0.39, 0.29) is 42.8 Å². The third kappa shape index (κ3) is 7.81. The van der Waals surface area contributed by atoms with Gasteiger partial charge in [-0.1, -0.05) is 67.3 Å². The maximum atomic E-state index is 12.6. The van der Waals surface area contributed by atoms with Crippen molar-refractivity contribution in [1.82, 2.24) is 29.1 Å². The molecule has 0 amide bonds. The van der Waals surface area contributed by atoms with Gasteiger partial charge >= 0.3 is 0 Å². The summed E-state index contributed by atoms with van der Waals surface area (Å²) in [6, 6.07) is 16.3. The summed E-state index contributed by atoms with van der Waals surface area (Å²) in [6.07, 6.45) is 7.42. The smallest absolute Gasteiger partial charge is 0.272 e. The van der Waals surface area contributed by atoms with Gasteiger partial charge in [0.1, 0.15) is 11.3 Å². The number of thioether (sulfide) groups is 2. The Balaban J connectivity index is 0.000000216. The zero-order valence-corrected chi connectivity index (χ0v) is 27.8. The molecular formula is C33H32N8O6S2. The molecule has 0 atom stereocenters. The first-order valence-electron chi connectivity index (χ1n) is 14.3. The number of para-hydroxylation sites is 2. The number of benzene rings is 2. The molecule has 4 aromatic heterocycles. The highest BCUT2D eigenvalue weighted by atomic mass is 32.2. The standard InChI is InChI=1S/2C16H14N4O3S.CH4/c2*1-19-14-12(9-17-16(18-14)24-2)8-11(15(19)21)7-10-5-3-4-6-13(10)20(22)23;/h2*3-6,8-9H,7H2,1-2H3;1H4. The average Bonchev–Trinajstić information content (AvgIpc) is 3.09. The van der Waals surface area contributed by atoms with Gasteiger partial charge in [0.25, 0.3) is 22.5 Å². The van der Waals surface area contributed by atoms with Crippen LogP contribution < -0.4 is 11.1 Å². The maximum Gasteiger partial charge on any atom is 0.272 e. The van der Waals surface area contributed by atoms with Crippen LogP contribution in [0.25, 0.3) is 22.1 Å². The van der Waals surface area contributed by atoms with Crippen LogP contribution in [0.5, 0.6) is 0 Å². The van der Waals surface area contributed by atoms with Gasteiger partial charge in [0.2, 0.25) is 0 Å². The summed E-state index contributed by atoms with van der Waals surface area (Å²) < 4.78 is 2.92. The van der Waals surface area contributed by atoms with Crippen molar-refractivity contribution in [1.29, 1.82) is 0 Å². The monoisotopic (exact) mass is 700 g/mol. The highest BCUT2D eigenvalue weighted by Crippen LogP contribution is 2.23. The maximum absolute atomic E-state index is 12.6. The number of aryl methyl sites for hydroxylation is 2. The molecule has 0 N–H and O–H groups in total. The number of aromatic nitrogens is 6. The lowest BCUT2D eigenvalue weighted by atomic mass is 10.0. The third-order valence-electron chi connectivity index (χ3n) is 7.50. The van der Waals surface area contributed by atoms with E-state index in [0.29, 0.717) is 43.9 Å². The zero-order valence-electron chi connectivity index (χ0n) is 26.2. The third-order valence-corrected chi connectivity index (χ3v) is 8.63. The van der Waals surface area contributed by atoms with E-state index < -0.39 is 9.85 Å². The quantitative estimate of drug-likeness (QED) is 0.0814. The molecule has 16 heteroatoms. The number of nitrogens with zero attached hydrogens (tertiary/aromatic N) is 8. The summed E-state index contributed by atoms with van der Waals surface area (Å²) >= 11 is 2.80. The van der Waals surface area contributed by atoms with Crippen LogP contribution in [-0.2, 0) is 26.9 Å². The molecule has 0 aliphatic rings. The second-order valence-electron chi connectivity index (χ2n) is 10.5. The Morgan fingerprint density at radius 3 is 1.37 bits per heavy atom. The minimum atomic E-state index is -0.436. The lowest BCUT2D eigenvalue weighted by Crippen LogP contribution is -2.22. The van der Waals surface area contributed by atoms with Gasteiger partial charge in [-0.05, 0) is 24.6 Å². The van der Waals surface area contributed by atoms with Crippen molar-refractivity contribution >= 4 is 57.0 Å². The molecule has 4 heterocycles. The SMILES string of the molecule is C.CSc1ncc2cc(Cc3ccccc3[N+](=O)[O-])c(=O)n(C)c2n1.CSc1ncc2cc(Cc3ccccc3[N+](=O)[O-])c(=O)n(C)c2n1. The Bertz CT molecular complexity index is 2160. The Labute approximate surface area is 288 Å². The fourth-order valence-electron chi connectivity index (χ4n) is 5.13. The number of rotatable bonds is 8. The Hall–Kier alpha value is -5.48. The predicted molar refractivity (Wildman–Crippen MR) is 192 cm³/mol. The van der Waals surface area contributed by atoms with Crippen molar-refractivity contribution in [3.8, 4) is 0 Å². The van der Waals surface area contributed by atoms with Crippen LogP contribution in [0.3, 0.4) is 0 Å². The van der Waals surface area contributed by atoms with Gasteiger partial charge in [-0.3, -0.25) is 39.0 Å². The lowest BCUT2D eigenvalue weighted by Gasteiger charge is -2.09. The van der Waals surface area contributed by atoms with Gasteiger partial charge in [-0.2, -0.15) is 0 Å². The normalized spacial score (nSPS) is 10.7. The summed E-state index contributed by atoms with van der Waals surface area (Å²) in [6.45, 7) is 0. The molecule has 14 nitrogen and oxygen atoms in total. The number of hydrogen-bond donors (Lipinski definition) is 0.